The summed E-state index contributed by atoms with van der Waals surface area (Å²) >= 11 is 0. The third-order valence-electron chi connectivity index (χ3n) is 5.92. The van der Waals surface area contributed by atoms with E-state index in [-0.39, 0.29) is 0 Å². The lowest BCUT2D eigenvalue weighted by atomic mass is 9.95. The van der Waals surface area contributed by atoms with Crippen LogP contribution in [0, 0.1) is 20.8 Å². The Morgan fingerprint density at radius 3 is 2.43 bits per heavy atom. The Hall–Kier alpha value is -2.63. The highest BCUT2D eigenvalue weighted by molar-refractivity contribution is 5.87. The van der Waals surface area contributed by atoms with Crippen LogP contribution < -0.4 is 9.64 Å². The van der Waals surface area contributed by atoms with Crippen LogP contribution in [0.4, 0.5) is 11.6 Å². The third-order valence-corrected chi connectivity index (χ3v) is 5.92. The number of rotatable bonds is 4. The molecule has 6 heteroatoms. The average molecular weight is 380 g/mol. The maximum absolute atomic E-state index is 5.24. The summed E-state index contributed by atoms with van der Waals surface area (Å²) in [6, 6.07) is 4.91. The van der Waals surface area contributed by atoms with Gasteiger partial charge in [-0.2, -0.15) is 9.97 Å². The quantitative estimate of drug-likeness (QED) is 0.651. The van der Waals surface area contributed by atoms with E-state index >= 15 is 0 Å². The lowest BCUT2D eigenvalue weighted by Gasteiger charge is -2.31. The zero-order valence-corrected chi connectivity index (χ0v) is 17.7. The molecule has 0 saturated heterocycles. The highest BCUT2D eigenvalue weighted by Gasteiger charge is 2.28. The molecular formula is C22H29N5O. The Balaban J connectivity index is 1.94. The number of benzene rings is 1. The summed E-state index contributed by atoms with van der Waals surface area (Å²) < 4.78 is 7.64. The highest BCUT2D eigenvalue weighted by Crippen LogP contribution is 2.38. The van der Waals surface area contributed by atoms with Crippen LogP contribution in [0.5, 0.6) is 6.01 Å². The summed E-state index contributed by atoms with van der Waals surface area (Å²) in [6.07, 6.45) is 2.18. The van der Waals surface area contributed by atoms with Gasteiger partial charge in [-0.15, -0.1) is 0 Å². The maximum Gasteiger partial charge on any atom is 0.316 e. The van der Waals surface area contributed by atoms with Crippen molar-refractivity contribution in [2.75, 3.05) is 18.6 Å². The van der Waals surface area contributed by atoms with Gasteiger partial charge in [0.1, 0.15) is 0 Å². The van der Waals surface area contributed by atoms with Gasteiger partial charge in [-0.1, -0.05) is 26.0 Å². The van der Waals surface area contributed by atoms with E-state index < -0.39 is 0 Å². The van der Waals surface area contributed by atoms with Gasteiger partial charge in [0.2, 0.25) is 5.95 Å². The fourth-order valence-electron chi connectivity index (χ4n) is 4.28. The summed E-state index contributed by atoms with van der Waals surface area (Å²) in [5.41, 5.74) is 7.90. The lowest BCUT2D eigenvalue weighted by Crippen LogP contribution is -2.30. The Labute approximate surface area is 166 Å². The molecular weight excluding hydrogens is 350 g/mol. The van der Waals surface area contributed by atoms with Gasteiger partial charge in [-0.3, -0.25) is 0 Å². The van der Waals surface area contributed by atoms with E-state index in [4.69, 9.17) is 9.72 Å². The van der Waals surface area contributed by atoms with Crippen LogP contribution in [-0.2, 0) is 6.54 Å². The molecule has 3 heterocycles. The monoisotopic (exact) mass is 379 g/mol. The number of anilines is 2. The third kappa shape index (κ3) is 2.82. The lowest BCUT2D eigenvalue weighted by molar-refractivity contribution is 0.377. The van der Waals surface area contributed by atoms with Crippen LogP contribution >= 0.6 is 0 Å². The van der Waals surface area contributed by atoms with E-state index in [1.54, 1.807) is 7.11 Å². The molecule has 1 unspecified atom stereocenters. The normalized spacial score (nSPS) is 15.0. The number of ether oxygens (including phenoxy) is 1. The van der Waals surface area contributed by atoms with Crippen molar-refractivity contribution in [3.8, 4) is 6.01 Å². The van der Waals surface area contributed by atoms with Crippen molar-refractivity contribution in [2.45, 2.75) is 59.9 Å². The van der Waals surface area contributed by atoms with Crippen LogP contribution in [-0.4, -0.2) is 33.2 Å². The Bertz CT molecular complexity index is 1020. The number of imidazole rings is 1. The van der Waals surface area contributed by atoms with Crippen LogP contribution in [0.2, 0.25) is 0 Å². The minimum atomic E-state index is 0.416. The number of methoxy groups -OCH3 is 1. The predicted octanol–water partition coefficient (Wildman–Crippen LogP) is 4.82. The largest absolute Gasteiger partial charge is 0.467 e. The maximum atomic E-state index is 5.24. The highest BCUT2D eigenvalue weighted by atomic mass is 16.5. The summed E-state index contributed by atoms with van der Waals surface area (Å²) in [7, 11) is 1.60. The zero-order chi connectivity index (χ0) is 20.0. The first-order valence-corrected chi connectivity index (χ1v) is 10.1. The summed E-state index contributed by atoms with van der Waals surface area (Å²) in [4.78, 5) is 16.4. The molecule has 0 radical (unpaired) electrons. The second-order valence-corrected chi connectivity index (χ2v) is 7.78. The van der Waals surface area contributed by atoms with Gasteiger partial charge in [-0.05, 0) is 50.7 Å². The molecule has 0 aliphatic carbocycles. The molecule has 1 aliphatic heterocycles. The number of aryl methyl sites for hydroxylation is 4. The molecule has 2 aromatic heterocycles. The number of hydrogen-bond donors (Lipinski definition) is 0. The Kier molecular flexibility index (Phi) is 4.73. The Morgan fingerprint density at radius 2 is 1.79 bits per heavy atom. The number of nitrogens with zero attached hydrogens (tertiary/aromatic N) is 5. The molecule has 3 aromatic rings. The Morgan fingerprint density at radius 1 is 1.07 bits per heavy atom. The second kappa shape index (κ2) is 7.08. The first-order valence-electron chi connectivity index (χ1n) is 10.1. The number of fused-ring (bicyclic) bond motifs is 3. The molecule has 0 saturated carbocycles. The van der Waals surface area contributed by atoms with Gasteiger partial charge >= 0.3 is 6.01 Å². The molecule has 1 atom stereocenters. The fraction of sp³-hybridized carbons (Fsp3) is 0.500. The molecule has 1 aliphatic rings. The van der Waals surface area contributed by atoms with Crippen molar-refractivity contribution < 1.29 is 4.74 Å². The van der Waals surface area contributed by atoms with Crippen molar-refractivity contribution in [2.24, 2.45) is 0 Å². The zero-order valence-electron chi connectivity index (χ0n) is 17.7. The second-order valence-electron chi connectivity index (χ2n) is 7.78. The molecule has 4 rings (SSSR count). The van der Waals surface area contributed by atoms with Crippen molar-refractivity contribution in [1.82, 2.24) is 19.5 Å². The molecule has 6 nitrogen and oxygen atoms in total. The van der Waals surface area contributed by atoms with Gasteiger partial charge in [0, 0.05) is 13.1 Å². The summed E-state index contributed by atoms with van der Waals surface area (Å²) in [6.45, 7) is 12.6. The van der Waals surface area contributed by atoms with Crippen LogP contribution in [0.15, 0.2) is 12.1 Å². The summed E-state index contributed by atoms with van der Waals surface area (Å²) in [5.74, 6) is 1.51. The standard InChI is InChI=1S/C22H29N5O/c1-7-13(2)17-10-9-14(3)18-20(17)27-12-8-11-26(22(27)25-18)19-15(4)23-21(28-6)24-16(19)5/h9-10,13H,7-8,11-12H2,1-6H3. The summed E-state index contributed by atoms with van der Waals surface area (Å²) in [5, 5.41) is 0. The van der Waals surface area contributed by atoms with Crippen LogP contribution in [0.1, 0.15) is 55.1 Å². The molecule has 0 spiro atoms. The number of hydrogen-bond acceptors (Lipinski definition) is 5. The van der Waals surface area contributed by atoms with Gasteiger partial charge in [0.25, 0.3) is 0 Å². The van der Waals surface area contributed by atoms with E-state index in [2.05, 4.69) is 52.3 Å². The van der Waals surface area contributed by atoms with E-state index in [9.17, 15) is 0 Å². The van der Waals surface area contributed by atoms with Crippen LogP contribution in [0.25, 0.3) is 11.0 Å². The van der Waals surface area contributed by atoms with Crippen LogP contribution in [0.3, 0.4) is 0 Å². The number of aromatic nitrogens is 4. The molecule has 0 N–H and O–H groups in total. The van der Waals surface area contributed by atoms with Crippen molar-refractivity contribution in [1.29, 1.82) is 0 Å². The van der Waals surface area contributed by atoms with Gasteiger partial charge in [0.15, 0.2) is 0 Å². The van der Waals surface area contributed by atoms with Crippen molar-refractivity contribution in [3.05, 3.63) is 34.6 Å². The van der Waals surface area contributed by atoms with Gasteiger partial charge < -0.3 is 14.2 Å². The molecule has 28 heavy (non-hydrogen) atoms. The molecule has 148 valence electrons. The molecule has 0 bridgehead atoms. The van der Waals surface area contributed by atoms with Gasteiger partial charge in [-0.25, -0.2) is 4.98 Å². The smallest absolute Gasteiger partial charge is 0.316 e. The van der Waals surface area contributed by atoms with E-state index in [0.29, 0.717) is 11.9 Å². The minimum Gasteiger partial charge on any atom is -0.467 e. The fourth-order valence-corrected chi connectivity index (χ4v) is 4.28. The van der Waals surface area contributed by atoms with E-state index in [1.165, 1.54) is 16.6 Å². The first-order chi connectivity index (χ1) is 13.5. The molecule has 0 amide bonds. The van der Waals surface area contributed by atoms with E-state index in [0.717, 1.165) is 54.5 Å². The minimum absolute atomic E-state index is 0.416. The van der Waals surface area contributed by atoms with E-state index in [1.807, 2.05) is 13.8 Å². The molecule has 1 aromatic carbocycles. The van der Waals surface area contributed by atoms with Gasteiger partial charge in [0.05, 0.1) is 35.2 Å². The average Bonchev–Trinajstić information content (AvgIpc) is 3.08. The predicted molar refractivity (Wildman–Crippen MR) is 113 cm³/mol. The first kappa shape index (κ1) is 18.7. The van der Waals surface area contributed by atoms with Crippen molar-refractivity contribution in [3.63, 3.8) is 0 Å². The SMILES string of the molecule is CCC(C)c1ccc(C)c2nc3n(c12)CCCN3c1c(C)nc(OC)nc1C. The van der Waals surface area contributed by atoms with Crippen molar-refractivity contribution >= 4 is 22.7 Å². The topological polar surface area (TPSA) is 56.1 Å². The molecule has 0 fully saturated rings.